The third-order valence-electron chi connectivity index (χ3n) is 2.34. The number of esters is 1. The third kappa shape index (κ3) is 2.34. The van der Waals surface area contributed by atoms with Gasteiger partial charge in [-0.25, -0.2) is 0 Å². The van der Waals surface area contributed by atoms with Crippen LogP contribution in [0.25, 0.3) is 0 Å². The van der Waals surface area contributed by atoms with Crippen LogP contribution in [0.2, 0.25) is 0 Å². The summed E-state index contributed by atoms with van der Waals surface area (Å²) in [5.41, 5.74) is 1.05. The van der Waals surface area contributed by atoms with Crippen molar-refractivity contribution in [2.24, 2.45) is 0 Å². The van der Waals surface area contributed by atoms with Crippen LogP contribution in [0.3, 0.4) is 0 Å². The molecule has 1 unspecified atom stereocenters. The lowest BCUT2D eigenvalue weighted by Crippen LogP contribution is -2.25. The molecule has 1 aromatic carbocycles. The van der Waals surface area contributed by atoms with Crippen molar-refractivity contribution in [2.75, 3.05) is 19.0 Å². The number of alkyl halides is 1. The molecule has 17 heavy (non-hydrogen) atoms. The third-order valence-corrected chi connectivity index (χ3v) is 2.77. The van der Waals surface area contributed by atoms with E-state index in [-0.39, 0.29) is 12.5 Å². The second kappa shape index (κ2) is 4.63. The fourth-order valence-corrected chi connectivity index (χ4v) is 1.72. The van der Waals surface area contributed by atoms with Crippen molar-refractivity contribution >= 4 is 29.2 Å². The summed E-state index contributed by atoms with van der Waals surface area (Å²) in [5.74, 6) is -0.226. The Balaban J connectivity index is 2.29. The standard InChI is InChI=1S/C11H10ClNO4/c1-16-11(15)10(12)6-2-3-8-7(4-6)13-9(14)5-17-8/h2-4,10H,5H2,1H3,(H,13,14). The van der Waals surface area contributed by atoms with Crippen molar-refractivity contribution in [3.8, 4) is 5.75 Å². The fourth-order valence-electron chi connectivity index (χ4n) is 1.50. The van der Waals surface area contributed by atoms with Crippen LogP contribution in [-0.2, 0) is 14.3 Å². The van der Waals surface area contributed by atoms with Crippen LogP contribution in [0.15, 0.2) is 18.2 Å². The number of rotatable bonds is 2. The molecular weight excluding hydrogens is 246 g/mol. The van der Waals surface area contributed by atoms with E-state index >= 15 is 0 Å². The minimum atomic E-state index is -0.899. The highest BCUT2D eigenvalue weighted by Gasteiger charge is 2.22. The second-order valence-corrected chi connectivity index (χ2v) is 3.91. The predicted molar refractivity (Wildman–Crippen MR) is 61.2 cm³/mol. The quantitative estimate of drug-likeness (QED) is 0.642. The number of halogens is 1. The van der Waals surface area contributed by atoms with Crippen LogP contribution in [0.5, 0.6) is 5.75 Å². The predicted octanol–water partition coefficient (Wildman–Crippen LogP) is 1.47. The molecule has 0 aromatic heterocycles. The molecule has 1 heterocycles. The summed E-state index contributed by atoms with van der Waals surface area (Å²) in [6.07, 6.45) is 0. The smallest absolute Gasteiger partial charge is 0.328 e. The number of carbonyl (C=O) groups is 2. The van der Waals surface area contributed by atoms with Crippen LogP contribution < -0.4 is 10.1 Å². The molecule has 0 spiro atoms. The molecule has 1 atom stereocenters. The van der Waals surface area contributed by atoms with Gasteiger partial charge in [-0.15, -0.1) is 11.6 Å². The zero-order valence-electron chi connectivity index (χ0n) is 9.03. The lowest BCUT2D eigenvalue weighted by molar-refractivity contribution is -0.140. The van der Waals surface area contributed by atoms with Gasteiger partial charge in [-0.1, -0.05) is 6.07 Å². The van der Waals surface area contributed by atoms with E-state index in [4.69, 9.17) is 16.3 Å². The summed E-state index contributed by atoms with van der Waals surface area (Å²) in [4.78, 5) is 22.4. The first-order valence-corrected chi connectivity index (χ1v) is 5.34. The monoisotopic (exact) mass is 255 g/mol. The number of ether oxygens (including phenoxy) is 2. The van der Waals surface area contributed by atoms with Gasteiger partial charge in [0.15, 0.2) is 12.0 Å². The Hall–Kier alpha value is -1.75. The average molecular weight is 256 g/mol. The maximum absolute atomic E-state index is 11.3. The van der Waals surface area contributed by atoms with E-state index in [2.05, 4.69) is 10.1 Å². The minimum Gasteiger partial charge on any atom is -0.482 e. The van der Waals surface area contributed by atoms with E-state index in [0.29, 0.717) is 17.0 Å². The Labute approximate surface area is 103 Å². The molecule has 0 bridgehead atoms. The van der Waals surface area contributed by atoms with Crippen molar-refractivity contribution in [1.82, 2.24) is 0 Å². The molecule has 0 saturated carbocycles. The zero-order chi connectivity index (χ0) is 12.4. The number of hydrogen-bond donors (Lipinski definition) is 1. The Morgan fingerprint density at radius 2 is 2.35 bits per heavy atom. The molecular formula is C11H10ClNO4. The molecule has 1 N–H and O–H groups in total. The molecule has 6 heteroatoms. The largest absolute Gasteiger partial charge is 0.482 e. The normalized spacial score (nSPS) is 15.3. The van der Waals surface area contributed by atoms with Gasteiger partial charge in [-0.05, 0) is 17.7 Å². The van der Waals surface area contributed by atoms with E-state index in [0.717, 1.165) is 0 Å². The Kier molecular flexibility index (Phi) is 3.19. The second-order valence-electron chi connectivity index (χ2n) is 3.48. The minimum absolute atomic E-state index is 0.00630. The van der Waals surface area contributed by atoms with Crippen molar-refractivity contribution in [1.29, 1.82) is 0 Å². The summed E-state index contributed by atoms with van der Waals surface area (Å²) in [5, 5.41) is 1.74. The molecule has 0 saturated heterocycles. The first-order chi connectivity index (χ1) is 8.11. The Bertz CT molecular complexity index is 475. The topological polar surface area (TPSA) is 64.6 Å². The van der Waals surface area contributed by atoms with Crippen molar-refractivity contribution in [2.45, 2.75) is 5.38 Å². The highest BCUT2D eigenvalue weighted by atomic mass is 35.5. The Morgan fingerprint density at radius 1 is 1.59 bits per heavy atom. The first-order valence-electron chi connectivity index (χ1n) is 4.90. The van der Waals surface area contributed by atoms with E-state index < -0.39 is 11.3 Å². The van der Waals surface area contributed by atoms with E-state index in [1.165, 1.54) is 7.11 Å². The lowest BCUT2D eigenvalue weighted by atomic mass is 10.1. The average Bonchev–Trinajstić information content (AvgIpc) is 2.36. The van der Waals surface area contributed by atoms with E-state index in [9.17, 15) is 9.59 Å². The van der Waals surface area contributed by atoms with Gasteiger partial charge < -0.3 is 14.8 Å². The van der Waals surface area contributed by atoms with Crippen molar-refractivity contribution in [3.63, 3.8) is 0 Å². The number of fused-ring (bicyclic) bond motifs is 1. The van der Waals surface area contributed by atoms with Crippen LogP contribution >= 0.6 is 11.6 Å². The van der Waals surface area contributed by atoms with Crippen LogP contribution in [0.1, 0.15) is 10.9 Å². The molecule has 1 aromatic rings. The van der Waals surface area contributed by atoms with Gasteiger partial charge in [0.1, 0.15) is 5.75 Å². The van der Waals surface area contributed by atoms with Gasteiger partial charge in [0.05, 0.1) is 12.8 Å². The van der Waals surface area contributed by atoms with Crippen LogP contribution in [-0.4, -0.2) is 25.6 Å². The van der Waals surface area contributed by atoms with Crippen LogP contribution in [0.4, 0.5) is 5.69 Å². The number of hydrogen-bond acceptors (Lipinski definition) is 4. The fraction of sp³-hybridized carbons (Fsp3) is 0.273. The molecule has 0 aliphatic carbocycles. The first kappa shape index (κ1) is 11.7. The van der Waals surface area contributed by atoms with Gasteiger partial charge in [-0.2, -0.15) is 0 Å². The molecule has 2 rings (SSSR count). The summed E-state index contributed by atoms with van der Waals surface area (Å²) in [6, 6.07) is 4.91. The Morgan fingerprint density at radius 3 is 3.06 bits per heavy atom. The van der Waals surface area contributed by atoms with Crippen molar-refractivity contribution < 1.29 is 19.1 Å². The highest BCUT2D eigenvalue weighted by molar-refractivity contribution is 6.30. The van der Waals surface area contributed by atoms with Gasteiger partial charge in [0.2, 0.25) is 0 Å². The molecule has 0 fully saturated rings. The highest BCUT2D eigenvalue weighted by Crippen LogP contribution is 2.32. The SMILES string of the molecule is COC(=O)C(Cl)c1ccc2c(c1)NC(=O)CO2. The number of methoxy groups -OCH3 is 1. The summed E-state index contributed by atoms with van der Waals surface area (Å²) >= 11 is 5.91. The molecule has 5 nitrogen and oxygen atoms in total. The van der Waals surface area contributed by atoms with Gasteiger partial charge >= 0.3 is 5.97 Å². The summed E-state index contributed by atoms with van der Waals surface area (Å²) in [7, 11) is 1.26. The molecule has 0 radical (unpaired) electrons. The maximum atomic E-state index is 11.3. The number of benzene rings is 1. The number of carbonyl (C=O) groups excluding carboxylic acids is 2. The molecule has 90 valence electrons. The summed E-state index contributed by atoms with van der Waals surface area (Å²) in [6.45, 7) is -0.00630. The van der Waals surface area contributed by atoms with Gasteiger partial charge in [0, 0.05) is 0 Å². The van der Waals surface area contributed by atoms with Crippen molar-refractivity contribution in [3.05, 3.63) is 23.8 Å². The molecule has 1 amide bonds. The van der Waals surface area contributed by atoms with Gasteiger partial charge in [0.25, 0.3) is 5.91 Å². The molecule has 1 aliphatic rings. The zero-order valence-corrected chi connectivity index (χ0v) is 9.78. The lowest BCUT2D eigenvalue weighted by Gasteiger charge is -2.19. The molecule has 1 aliphatic heterocycles. The van der Waals surface area contributed by atoms with E-state index in [1.54, 1.807) is 18.2 Å². The summed E-state index contributed by atoms with van der Waals surface area (Å²) < 4.78 is 9.73. The van der Waals surface area contributed by atoms with Crippen LogP contribution in [0, 0.1) is 0 Å². The van der Waals surface area contributed by atoms with Gasteiger partial charge in [-0.3, -0.25) is 9.59 Å². The number of amides is 1. The van der Waals surface area contributed by atoms with E-state index in [1.807, 2.05) is 0 Å². The number of nitrogens with one attached hydrogen (secondary N) is 1. The number of anilines is 1. The maximum Gasteiger partial charge on any atom is 0.328 e.